The van der Waals surface area contributed by atoms with Gasteiger partial charge in [0.2, 0.25) is 0 Å². The molecular weight excluding hydrogens is 180 g/mol. The molecule has 0 fully saturated rings. The van der Waals surface area contributed by atoms with Crippen molar-refractivity contribution in [1.29, 1.82) is 0 Å². The molecular formula is C11H16O3. The molecule has 0 amide bonds. The van der Waals surface area contributed by atoms with Crippen LogP contribution in [0.2, 0.25) is 0 Å². The molecule has 1 aromatic carbocycles. The second-order valence-electron chi connectivity index (χ2n) is 3.44. The van der Waals surface area contributed by atoms with Gasteiger partial charge in [-0.05, 0) is 30.5 Å². The van der Waals surface area contributed by atoms with Gasteiger partial charge in [0.05, 0.1) is 0 Å². The molecule has 0 radical (unpaired) electrons. The van der Waals surface area contributed by atoms with Gasteiger partial charge in [0.1, 0.15) is 5.75 Å². The van der Waals surface area contributed by atoms with E-state index in [0.717, 1.165) is 18.4 Å². The molecule has 0 aliphatic rings. The van der Waals surface area contributed by atoms with E-state index >= 15 is 0 Å². The molecule has 3 nitrogen and oxygen atoms in total. The molecule has 78 valence electrons. The lowest BCUT2D eigenvalue weighted by Crippen LogP contribution is -2.11. The highest BCUT2D eigenvalue weighted by Crippen LogP contribution is 2.13. The van der Waals surface area contributed by atoms with Crippen LogP contribution in [-0.4, -0.2) is 28.5 Å². The maximum atomic E-state index is 9.05. The fraction of sp³-hybridized carbons (Fsp3) is 0.455. The summed E-state index contributed by atoms with van der Waals surface area (Å²) in [6.07, 6.45) is 1.57. The molecule has 0 spiro atoms. The van der Waals surface area contributed by atoms with Crippen LogP contribution in [0.15, 0.2) is 24.3 Å². The molecule has 3 N–H and O–H groups in total. The fourth-order valence-electron chi connectivity index (χ4n) is 1.27. The Labute approximate surface area is 83.6 Å². The molecule has 0 bridgehead atoms. The zero-order chi connectivity index (χ0) is 10.4. The van der Waals surface area contributed by atoms with Gasteiger partial charge < -0.3 is 15.3 Å². The number of aryl methyl sites for hydroxylation is 1. The second-order valence-corrected chi connectivity index (χ2v) is 3.44. The Morgan fingerprint density at radius 1 is 1.00 bits per heavy atom. The Hall–Kier alpha value is -1.06. The van der Waals surface area contributed by atoms with Crippen LogP contribution in [0.4, 0.5) is 0 Å². The van der Waals surface area contributed by atoms with Gasteiger partial charge in [0.15, 0.2) is 0 Å². The summed E-state index contributed by atoms with van der Waals surface area (Å²) in [5, 5.41) is 26.7. The van der Waals surface area contributed by atoms with E-state index in [9.17, 15) is 0 Å². The Balaban J connectivity index is 2.41. The number of hydrogen-bond donors (Lipinski definition) is 3. The van der Waals surface area contributed by atoms with Crippen molar-refractivity contribution >= 4 is 0 Å². The van der Waals surface area contributed by atoms with E-state index in [1.54, 1.807) is 12.1 Å². The van der Waals surface area contributed by atoms with Crippen LogP contribution in [0.1, 0.15) is 12.0 Å². The molecule has 3 heteroatoms. The normalized spacial score (nSPS) is 10.8. The molecule has 0 aliphatic carbocycles. The smallest absolute Gasteiger partial charge is 0.115 e. The molecule has 0 heterocycles. The summed E-state index contributed by atoms with van der Waals surface area (Å²) in [5.74, 6) is 0.221. The van der Waals surface area contributed by atoms with Gasteiger partial charge >= 0.3 is 0 Å². The second kappa shape index (κ2) is 5.62. The molecule has 0 atom stereocenters. The SMILES string of the molecule is OCC(CO)CCc1ccc(O)cc1. The Kier molecular flexibility index (Phi) is 4.43. The van der Waals surface area contributed by atoms with Crippen molar-refractivity contribution in [3.05, 3.63) is 29.8 Å². The Bertz CT molecular complexity index is 252. The van der Waals surface area contributed by atoms with Crippen molar-refractivity contribution in [2.45, 2.75) is 12.8 Å². The molecule has 0 unspecified atom stereocenters. The van der Waals surface area contributed by atoms with Crippen molar-refractivity contribution in [3.8, 4) is 5.75 Å². The predicted octanol–water partition coefficient (Wildman–Crippen LogP) is 0.926. The zero-order valence-electron chi connectivity index (χ0n) is 8.06. The van der Waals surface area contributed by atoms with Crippen molar-refractivity contribution < 1.29 is 15.3 Å². The molecule has 0 aromatic heterocycles. The molecule has 0 aliphatic heterocycles. The van der Waals surface area contributed by atoms with Crippen LogP contribution in [0.25, 0.3) is 0 Å². The largest absolute Gasteiger partial charge is 0.508 e. The minimum Gasteiger partial charge on any atom is -0.508 e. The van der Waals surface area contributed by atoms with Gasteiger partial charge in [0, 0.05) is 19.1 Å². The summed E-state index contributed by atoms with van der Waals surface area (Å²) >= 11 is 0. The first-order valence-corrected chi connectivity index (χ1v) is 4.76. The van der Waals surface area contributed by atoms with E-state index in [0.29, 0.717) is 0 Å². The Morgan fingerprint density at radius 2 is 1.57 bits per heavy atom. The van der Waals surface area contributed by atoms with Gasteiger partial charge in [0.25, 0.3) is 0 Å². The summed E-state index contributed by atoms with van der Waals surface area (Å²) in [4.78, 5) is 0. The van der Waals surface area contributed by atoms with E-state index in [1.807, 2.05) is 12.1 Å². The standard InChI is InChI=1S/C11H16O3/c12-7-10(8-13)2-1-9-3-5-11(14)6-4-9/h3-6,10,12-14H,1-2,7-8H2. The van der Waals surface area contributed by atoms with Crippen LogP contribution >= 0.6 is 0 Å². The van der Waals surface area contributed by atoms with Crippen molar-refractivity contribution in [1.82, 2.24) is 0 Å². The molecule has 1 aromatic rings. The zero-order valence-corrected chi connectivity index (χ0v) is 8.06. The first-order valence-electron chi connectivity index (χ1n) is 4.76. The van der Waals surface area contributed by atoms with Crippen molar-refractivity contribution in [2.24, 2.45) is 5.92 Å². The molecule has 0 saturated carbocycles. The van der Waals surface area contributed by atoms with Crippen LogP contribution in [-0.2, 0) is 6.42 Å². The van der Waals surface area contributed by atoms with Crippen molar-refractivity contribution in [2.75, 3.05) is 13.2 Å². The van der Waals surface area contributed by atoms with Crippen LogP contribution in [0, 0.1) is 5.92 Å². The van der Waals surface area contributed by atoms with Gasteiger partial charge in [-0.15, -0.1) is 0 Å². The van der Waals surface area contributed by atoms with E-state index < -0.39 is 0 Å². The van der Waals surface area contributed by atoms with E-state index in [4.69, 9.17) is 15.3 Å². The highest BCUT2D eigenvalue weighted by atomic mass is 16.3. The van der Waals surface area contributed by atoms with E-state index in [1.165, 1.54) is 0 Å². The lowest BCUT2D eigenvalue weighted by molar-refractivity contribution is 0.144. The first-order chi connectivity index (χ1) is 6.76. The third kappa shape index (κ3) is 3.36. The number of benzene rings is 1. The number of aromatic hydroxyl groups is 1. The number of aliphatic hydroxyl groups is 2. The highest BCUT2D eigenvalue weighted by molar-refractivity contribution is 5.25. The quantitative estimate of drug-likeness (QED) is 0.656. The van der Waals surface area contributed by atoms with E-state index in [-0.39, 0.29) is 24.9 Å². The third-order valence-corrected chi connectivity index (χ3v) is 2.29. The summed E-state index contributed by atoms with van der Waals surface area (Å²) < 4.78 is 0. The molecule has 0 saturated heterocycles. The van der Waals surface area contributed by atoms with Gasteiger partial charge in [-0.1, -0.05) is 12.1 Å². The van der Waals surface area contributed by atoms with Gasteiger partial charge in [-0.3, -0.25) is 0 Å². The fourth-order valence-corrected chi connectivity index (χ4v) is 1.27. The molecule has 14 heavy (non-hydrogen) atoms. The molecule has 1 rings (SSSR count). The number of hydrogen-bond acceptors (Lipinski definition) is 3. The van der Waals surface area contributed by atoms with E-state index in [2.05, 4.69) is 0 Å². The summed E-state index contributed by atoms with van der Waals surface area (Å²) in [7, 11) is 0. The first kappa shape index (κ1) is 11.0. The van der Waals surface area contributed by atoms with Crippen LogP contribution < -0.4 is 0 Å². The average Bonchev–Trinajstić information content (AvgIpc) is 2.22. The maximum Gasteiger partial charge on any atom is 0.115 e. The number of phenols is 1. The number of aliphatic hydroxyl groups excluding tert-OH is 2. The monoisotopic (exact) mass is 196 g/mol. The summed E-state index contributed by atoms with van der Waals surface area (Å²) in [5.41, 5.74) is 1.11. The summed E-state index contributed by atoms with van der Waals surface area (Å²) in [6.45, 7) is 0.0448. The lowest BCUT2D eigenvalue weighted by atomic mass is 10.0. The predicted molar refractivity (Wildman–Crippen MR) is 54.1 cm³/mol. The van der Waals surface area contributed by atoms with Crippen molar-refractivity contribution in [3.63, 3.8) is 0 Å². The minimum absolute atomic E-state index is 0.0224. The number of phenolic OH excluding ortho intramolecular Hbond substituents is 1. The topological polar surface area (TPSA) is 60.7 Å². The maximum absolute atomic E-state index is 9.05. The summed E-state index contributed by atoms with van der Waals surface area (Å²) in [6, 6.07) is 6.98. The minimum atomic E-state index is -0.0381. The van der Waals surface area contributed by atoms with Crippen LogP contribution in [0.5, 0.6) is 5.75 Å². The average molecular weight is 196 g/mol. The van der Waals surface area contributed by atoms with Gasteiger partial charge in [-0.2, -0.15) is 0 Å². The third-order valence-electron chi connectivity index (χ3n) is 2.29. The highest BCUT2D eigenvalue weighted by Gasteiger charge is 2.05. The lowest BCUT2D eigenvalue weighted by Gasteiger charge is -2.10. The Morgan fingerprint density at radius 3 is 2.07 bits per heavy atom. The van der Waals surface area contributed by atoms with Crippen LogP contribution in [0.3, 0.4) is 0 Å². The van der Waals surface area contributed by atoms with Gasteiger partial charge in [-0.25, -0.2) is 0 Å². The number of rotatable bonds is 5.